The zero-order chi connectivity index (χ0) is 38.2. The zero-order valence-electron chi connectivity index (χ0n) is 35.9. The minimum absolute atomic E-state index is 0.174. The molecular weight excluding hydrogens is 650 g/mol. The molecule has 0 aliphatic heterocycles. The minimum atomic E-state index is -0.428. The van der Waals surface area contributed by atoms with E-state index in [1.807, 2.05) is 0 Å². The van der Waals surface area contributed by atoms with Crippen LogP contribution in [0, 0.1) is 0 Å². The van der Waals surface area contributed by atoms with Crippen LogP contribution >= 0.6 is 0 Å². The molecule has 0 aromatic rings. The zero-order valence-corrected chi connectivity index (χ0v) is 35.9. The number of hydrogen-bond acceptors (Lipinski definition) is 6. The van der Waals surface area contributed by atoms with Gasteiger partial charge in [-0.05, 0) is 45.4 Å². The van der Waals surface area contributed by atoms with Gasteiger partial charge in [-0.15, -0.1) is 0 Å². The highest BCUT2D eigenvalue weighted by Crippen LogP contribution is 2.25. The quantitative estimate of drug-likeness (QED) is 0.0628. The van der Waals surface area contributed by atoms with Gasteiger partial charge in [0.05, 0.1) is 31.0 Å². The van der Waals surface area contributed by atoms with E-state index in [9.17, 15) is 4.79 Å². The van der Waals surface area contributed by atoms with E-state index in [4.69, 9.17) is 23.7 Å². The van der Waals surface area contributed by atoms with Crippen molar-refractivity contribution in [3.8, 4) is 0 Å². The summed E-state index contributed by atoms with van der Waals surface area (Å²) in [5.41, 5.74) is -0.245. The molecule has 1 N–H and O–H groups in total. The molecule has 0 aromatic carbocycles. The van der Waals surface area contributed by atoms with Crippen LogP contribution in [0.5, 0.6) is 0 Å². The summed E-state index contributed by atoms with van der Waals surface area (Å²) < 4.78 is 29.9. The maximum absolute atomic E-state index is 12.6. The Hall–Kier alpha value is -0.890. The first-order valence-electron chi connectivity index (χ1n) is 22.8. The first kappa shape index (κ1) is 51.1. The number of nitrogens with one attached hydrogen (secondary N) is 1. The molecule has 2 unspecified atom stereocenters. The van der Waals surface area contributed by atoms with E-state index in [0.29, 0.717) is 33.0 Å². The molecule has 0 aliphatic rings. The lowest BCUT2D eigenvalue weighted by atomic mass is 9.93. The predicted molar refractivity (Wildman–Crippen MR) is 222 cm³/mol. The van der Waals surface area contributed by atoms with Crippen molar-refractivity contribution in [3.63, 3.8) is 0 Å². The van der Waals surface area contributed by atoms with Crippen molar-refractivity contribution in [2.75, 3.05) is 46.2 Å². The molecule has 0 radical (unpaired) electrons. The van der Waals surface area contributed by atoms with Gasteiger partial charge in [-0.1, -0.05) is 176 Å². The van der Waals surface area contributed by atoms with Gasteiger partial charge in [0.1, 0.15) is 6.61 Å². The van der Waals surface area contributed by atoms with Gasteiger partial charge in [0.15, 0.2) is 0 Å². The average molecular weight is 742 g/mol. The highest BCUT2D eigenvalue weighted by atomic mass is 16.6. The summed E-state index contributed by atoms with van der Waals surface area (Å²) in [5.74, 6) is 0. The van der Waals surface area contributed by atoms with Crippen molar-refractivity contribution in [1.82, 2.24) is 5.32 Å². The van der Waals surface area contributed by atoms with Crippen LogP contribution in [0.2, 0.25) is 0 Å². The summed E-state index contributed by atoms with van der Waals surface area (Å²) in [5, 5.41) is 2.92. The molecule has 0 saturated carbocycles. The molecule has 0 saturated heterocycles. The normalized spacial score (nSPS) is 13.0. The third kappa shape index (κ3) is 33.7. The fraction of sp³-hybridized carbons (Fsp3) is 0.978. The van der Waals surface area contributed by atoms with E-state index < -0.39 is 6.09 Å². The topological polar surface area (TPSA) is 75.3 Å². The summed E-state index contributed by atoms with van der Waals surface area (Å²) in [6.07, 6.45) is 35.2. The van der Waals surface area contributed by atoms with Crippen LogP contribution in [0.15, 0.2) is 0 Å². The molecule has 0 aromatic heterocycles. The van der Waals surface area contributed by atoms with E-state index in [-0.39, 0.29) is 24.4 Å². The van der Waals surface area contributed by atoms with Crippen LogP contribution in [0.4, 0.5) is 4.79 Å². The molecule has 7 heteroatoms. The first-order valence-corrected chi connectivity index (χ1v) is 22.8. The van der Waals surface area contributed by atoms with Gasteiger partial charge in [-0.2, -0.15) is 0 Å². The van der Waals surface area contributed by atoms with Gasteiger partial charge < -0.3 is 29.0 Å². The Balaban J connectivity index is 4.38. The van der Waals surface area contributed by atoms with Gasteiger partial charge in [0, 0.05) is 26.4 Å². The second kappa shape index (κ2) is 39.8. The number of unbranched alkanes of at least 4 members (excludes halogenated alkanes) is 22. The summed E-state index contributed by atoms with van der Waals surface area (Å²) in [4.78, 5) is 12.6. The minimum Gasteiger partial charge on any atom is -0.447 e. The van der Waals surface area contributed by atoms with E-state index in [1.165, 1.54) is 141 Å². The van der Waals surface area contributed by atoms with E-state index in [2.05, 4.69) is 46.9 Å². The third-order valence-corrected chi connectivity index (χ3v) is 10.8. The lowest BCUT2D eigenvalue weighted by molar-refractivity contribution is -0.0869. The maximum atomic E-state index is 12.6. The SMILES string of the molecule is CCCCCCCCCCCCCCOCC(CNC(=O)OCCOC(CC)(CC)CCOC(C)CC)OCCCCCCCCCCCCCC. The van der Waals surface area contributed by atoms with Crippen molar-refractivity contribution in [1.29, 1.82) is 0 Å². The first-order chi connectivity index (χ1) is 25.5. The number of carbonyl (C=O) groups excluding carboxylic acids is 1. The molecule has 1 amide bonds. The van der Waals surface area contributed by atoms with Crippen LogP contribution in [-0.4, -0.2) is 70.1 Å². The van der Waals surface area contributed by atoms with Crippen molar-refractivity contribution in [2.45, 2.75) is 239 Å². The predicted octanol–water partition coefficient (Wildman–Crippen LogP) is 13.3. The Morgan fingerprint density at radius 2 is 1.00 bits per heavy atom. The Labute approximate surface area is 324 Å². The van der Waals surface area contributed by atoms with Gasteiger partial charge in [-0.25, -0.2) is 4.79 Å². The molecule has 52 heavy (non-hydrogen) atoms. The van der Waals surface area contributed by atoms with Gasteiger partial charge >= 0.3 is 6.09 Å². The van der Waals surface area contributed by atoms with Crippen LogP contribution in [0.1, 0.15) is 221 Å². The van der Waals surface area contributed by atoms with E-state index >= 15 is 0 Å². The molecule has 0 heterocycles. The molecule has 312 valence electrons. The molecule has 0 spiro atoms. The van der Waals surface area contributed by atoms with Gasteiger partial charge in [0.25, 0.3) is 0 Å². The van der Waals surface area contributed by atoms with E-state index in [0.717, 1.165) is 45.1 Å². The number of ether oxygens (including phenoxy) is 5. The molecule has 0 rings (SSSR count). The summed E-state index contributed by atoms with van der Waals surface area (Å²) in [7, 11) is 0. The largest absolute Gasteiger partial charge is 0.447 e. The number of carbonyl (C=O) groups is 1. The van der Waals surface area contributed by atoms with Crippen LogP contribution in [0.3, 0.4) is 0 Å². The van der Waals surface area contributed by atoms with Crippen molar-refractivity contribution in [3.05, 3.63) is 0 Å². The number of rotatable bonds is 42. The molecule has 0 fully saturated rings. The molecule has 0 bridgehead atoms. The average Bonchev–Trinajstić information content (AvgIpc) is 3.16. The van der Waals surface area contributed by atoms with Crippen LogP contribution in [-0.2, 0) is 23.7 Å². The highest BCUT2D eigenvalue weighted by Gasteiger charge is 2.27. The Bertz CT molecular complexity index is 718. The molecule has 2 atom stereocenters. The monoisotopic (exact) mass is 742 g/mol. The van der Waals surface area contributed by atoms with Gasteiger partial charge in [0.2, 0.25) is 0 Å². The number of alkyl carbamates (subject to hydrolysis) is 1. The summed E-state index contributed by atoms with van der Waals surface area (Å²) in [6.45, 7) is 16.7. The fourth-order valence-electron chi connectivity index (χ4n) is 6.70. The van der Waals surface area contributed by atoms with Crippen LogP contribution < -0.4 is 5.32 Å². The second-order valence-electron chi connectivity index (χ2n) is 15.4. The van der Waals surface area contributed by atoms with Crippen molar-refractivity contribution >= 4 is 6.09 Å². The number of hydrogen-bond donors (Lipinski definition) is 1. The van der Waals surface area contributed by atoms with Crippen LogP contribution in [0.25, 0.3) is 0 Å². The maximum Gasteiger partial charge on any atom is 0.407 e. The molecule has 0 aliphatic carbocycles. The summed E-state index contributed by atoms with van der Waals surface area (Å²) in [6, 6.07) is 0. The highest BCUT2D eigenvalue weighted by molar-refractivity contribution is 5.67. The summed E-state index contributed by atoms with van der Waals surface area (Å²) >= 11 is 0. The smallest absolute Gasteiger partial charge is 0.407 e. The van der Waals surface area contributed by atoms with Gasteiger partial charge in [-0.3, -0.25) is 0 Å². The molecular formula is C45H91NO6. The van der Waals surface area contributed by atoms with Crippen molar-refractivity contribution < 1.29 is 28.5 Å². The standard InChI is InChI=1S/C45H91NO6/c1-7-12-14-16-18-20-22-24-26-28-30-32-35-48-41-43(50-36-33-31-29-27-25-23-21-19-17-15-13-8-2)40-46-44(47)51-38-39-52-45(10-4,11-5)34-37-49-42(6)9-3/h42-43H,7-41H2,1-6H3,(H,46,47). The fourth-order valence-corrected chi connectivity index (χ4v) is 6.70. The Morgan fingerprint density at radius 3 is 1.46 bits per heavy atom. The van der Waals surface area contributed by atoms with E-state index in [1.54, 1.807) is 0 Å². The second-order valence-corrected chi connectivity index (χ2v) is 15.4. The third-order valence-electron chi connectivity index (χ3n) is 10.8. The Morgan fingerprint density at radius 1 is 0.538 bits per heavy atom. The number of amides is 1. The molecule has 7 nitrogen and oxygen atoms in total. The van der Waals surface area contributed by atoms with Crippen molar-refractivity contribution in [2.24, 2.45) is 0 Å². The Kier molecular flexibility index (Phi) is 39.1. The lowest BCUT2D eigenvalue weighted by Gasteiger charge is -2.32. The lowest BCUT2D eigenvalue weighted by Crippen LogP contribution is -2.38.